The molecule has 17 heavy (non-hydrogen) atoms. The zero-order valence-electron chi connectivity index (χ0n) is 10.6. The SMILES string of the molecule is COc1nc(C(C)C)c(S(=O)(=O)O)n1C(C)C. The fourth-order valence-corrected chi connectivity index (χ4v) is 2.73. The van der Waals surface area contributed by atoms with Crippen LogP contribution in [-0.4, -0.2) is 29.6 Å². The fraction of sp³-hybridized carbons (Fsp3) is 0.700. The molecule has 0 saturated carbocycles. The number of rotatable bonds is 4. The van der Waals surface area contributed by atoms with Gasteiger partial charge < -0.3 is 4.74 Å². The lowest BCUT2D eigenvalue weighted by molar-refractivity contribution is 0.335. The van der Waals surface area contributed by atoms with Gasteiger partial charge in [0.25, 0.3) is 6.01 Å². The van der Waals surface area contributed by atoms with Gasteiger partial charge in [-0.3, -0.25) is 9.12 Å². The summed E-state index contributed by atoms with van der Waals surface area (Å²) in [4.78, 5) is 4.12. The second kappa shape index (κ2) is 4.66. The molecule has 0 aliphatic carbocycles. The molecular weight excluding hydrogens is 244 g/mol. The molecule has 0 aliphatic heterocycles. The van der Waals surface area contributed by atoms with Gasteiger partial charge in [-0.15, -0.1) is 0 Å². The monoisotopic (exact) mass is 262 g/mol. The second-order valence-corrected chi connectivity index (χ2v) is 5.72. The third kappa shape index (κ3) is 2.61. The minimum absolute atomic E-state index is 0.124. The van der Waals surface area contributed by atoms with Gasteiger partial charge in [0.05, 0.1) is 12.8 Å². The summed E-state index contributed by atoms with van der Waals surface area (Å²) < 4.78 is 38.6. The maximum absolute atomic E-state index is 11.5. The Labute approximate surface area is 101 Å². The van der Waals surface area contributed by atoms with Gasteiger partial charge in [0.2, 0.25) is 0 Å². The Bertz CT molecular complexity index is 503. The standard InChI is InChI=1S/C10H18N2O4S/c1-6(2)8-9(17(13,14)15)12(7(3)4)10(11-8)16-5/h6-7H,1-5H3,(H,13,14,15). The first-order chi connectivity index (χ1) is 7.70. The van der Waals surface area contributed by atoms with Crippen LogP contribution < -0.4 is 4.74 Å². The molecule has 7 heteroatoms. The van der Waals surface area contributed by atoms with Crippen LogP contribution in [-0.2, 0) is 10.1 Å². The molecule has 1 heterocycles. The summed E-state index contributed by atoms with van der Waals surface area (Å²) >= 11 is 0. The van der Waals surface area contributed by atoms with Crippen molar-refractivity contribution in [2.75, 3.05) is 7.11 Å². The summed E-state index contributed by atoms with van der Waals surface area (Å²) in [5, 5.41) is -0.181. The maximum atomic E-state index is 11.5. The number of methoxy groups -OCH3 is 1. The third-order valence-corrected chi connectivity index (χ3v) is 3.24. The highest BCUT2D eigenvalue weighted by molar-refractivity contribution is 7.85. The van der Waals surface area contributed by atoms with Gasteiger partial charge in [0.1, 0.15) is 0 Å². The Morgan fingerprint density at radius 2 is 1.82 bits per heavy atom. The van der Waals surface area contributed by atoms with E-state index in [1.165, 1.54) is 11.7 Å². The molecule has 0 saturated heterocycles. The van der Waals surface area contributed by atoms with E-state index < -0.39 is 10.1 Å². The first-order valence-corrected chi connectivity index (χ1v) is 6.77. The Morgan fingerprint density at radius 1 is 1.29 bits per heavy atom. The van der Waals surface area contributed by atoms with E-state index in [9.17, 15) is 13.0 Å². The van der Waals surface area contributed by atoms with Crippen molar-refractivity contribution in [1.29, 1.82) is 0 Å². The molecule has 0 spiro atoms. The van der Waals surface area contributed by atoms with Crippen LogP contribution in [0.25, 0.3) is 0 Å². The predicted octanol–water partition coefficient (Wildman–Crippen LogP) is 1.84. The van der Waals surface area contributed by atoms with E-state index in [1.54, 1.807) is 27.7 Å². The lowest BCUT2D eigenvalue weighted by Crippen LogP contribution is -2.13. The van der Waals surface area contributed by atoms with Crippen molar-refractivity contribution in [3.63, 3.8) is 0 Å². The van der Waals surface area contributed by atoms with Crippen molar-refractivity contribution in [2.45, 2.75) is 44.7 Å². The lowest BCUT2D eigenvalue weighted by Gasteiger charge is -2.13. The van der Waals surface area contributed by atoms with Gasteiger partial charge in [0, 0.05) is 6.04 Å². The zero-order valence-corrected chi connectivity index (χ0v) is 11.4. The van der Waals surface area contributed by atoms with E-state index in [-0.39, 0.29) is 23.0 Å². The minimum Gasteiger partial charge on any atom is -0.468 e. The summed E-state index contributed by atoms with van der Waals surface area (Å²) in [5.41, 5.74) is 0.318. The first-order valence-electron chi connectivity index (χ1n) is 5.33. The van der Waals surface area contributed by atoms with Gasteiger partial charge in [-0.1, -0.05) is 13.8 Å². The molecule has 0 aromatic carbocycles. The summed E-state index contributed by atoms with van der Waals surface area (Å²) in [7, 11) is -2.91. The van der Waals surface area contributed by atoms with Crippen molar-refractivity contribution in [2.24, 2.45) is 0 Å². The van der Waals surface area contributed by atoms with E-state index in [0.29, 0.717) is 5.69 Å². The Kier molecular flexibility index (Phi) is 3.83. The molecule has 1 rings (SSSR count). The molecule has 1 N–H and O–H groups in total. The zero-order chi connectivity index (χ0) is 13.4. The normalized spacial score (nSPS) is 12.5. The number of ether oxygens (including phenoxy) is 1. The molecule has 98 valence electrons. The largest absolute Gasteiger partial charge is 0.468 e. The van der Waals surface area contributed by atoms with Crippen molar-refractivity contribution in [3.05, 3.63) is 5.69 Å². The van der Waals surface area contributed by atoms with Crippen molar-refractivity contribution in [3.8, 4) is 6.01 Å². The maximum Gasteiger partial charge on any atom is 0.312 e. The number of hydrogen-bond donors (Lipinski definition) is 1. The van der Waals surface area contributed by atoms with Crippen LogP contribution in [0.15, 0.2) is 5.03 Å². The summed E-state index contributed by atoms with van der Waals surface area (Å²) in [5.74, 6) is -0.124. The topological polar surface area (TPSA) is 81.4 Å². The molecule has 1 aromatic rings. The highest BCUT2D eigenvalue weighted by Gasteiger charge is 2.29. The molecule has 0 fully saturated rings. The van der Waals surface area contributed by atoms with Gasteiger partial charge in [0.15, 0.2) is 5.03 Å². The Morgan fingerprint density at radius 3 is 2.12 bits per heavy atom. The summed E-state index contributed by atoms with van der Waals surface area (Å²) in [6, 6.07) is 0.0122. The van der Waals surface area contributed by atoms with Crippen molar-refractivity contribution < 1.29 is 17.7 Å². The molecule has 0 atom stereocenters. The molecule has 0 radical (unpaired) electrons. The smallest absolute Gasteiger partial charge is 0.312 e. The molecule has 0 bridgehead atoms. The highest BCUT2D eigenvalue weighted by atomic mass is 32.2. The van der Waals surface area contributed by atoms with Gasteiger partial charge in [-0.25, -0.2) is 0 Å². The van der Waals surface area contributed by atoms with Crippen LogP contribution in [0.2, 0.25) is 0 Å². The summed E-state index contributed by atoms with van der Waals surface area (Å²) in [6.45, 7) is 7.20. The van der Waals surface area contributed by atoms with Crippen LogP contribution in [0.5, 0.6) is 6.01 Å². The second-order valence-electron chi connectivity index (χ2n) is 4.38. The lowest BCUT2D eigenvalue weighted by atomic mass is 10.1. The first kappa shape index (κ1) is 14.0. The van der Waals surface area contributed by atoms with Crippen LogP contribution in [0.1, 0.15) is 45.3 Å². The van der Waals surface area contributed by atoms with Gasteiger partial charge >= 0.3 is 10.1 Å². The average Bonchev–Trinajstić information content (AvgIpc) is 2.55. The molecule has 0 aliphatic rings. The number of hydrogen-bond acceptors (Lipinski definition) is 4. The minimum atomic E-state index is -4.32. The Hall–Kier alpha value is -1.08. The van der Waals surface area contributed by atoms with Crippen molar-refractivity contribution >= 4 is 10.1 Å². The van der Waals surface area contributed by atoms with Crippen LogP contribution in [0.3, 0.4) is 0 Å². The Balaban J connectivity index is 3.66. The van der Waals surface area contributed by atoms with Crippen molar-refractivity contribution in [1.82, 2.24) is 9.55 Å². The average molecular weight is 262 g/mol. The van der Waals surface area contributed by atoms with Crippen LogP contribution in [0, 0.1) is 0 Å². The van der Waals surface area contributed by atoms with E-state index >= 15 is 0 Å². The molecule has 6 nitrogen and oxygen atoms in total. The van der Waals surface area contributed by atoms with E-state index in [2.05, 4.69) is 4.98 Å². The van der Waals surface area contributed by atoms with Crippen LogP contribution >= 0.6 is 0 Å². The van der Waals surface area contributed by atoms with Gasteiger partial charge in [-0.05, 0) is 19.8 Å². The number of aromatic nitrogens is 2. The number of nitrogens with zero attached hydrogens (tertiary/aromatic N) is 2. The molecular formula is C10H18N2O4S. The van der Waals surface area contributed by atoms with E-state index in [1.807, 2.05) is 0 Å². The quantitative estimate of drug-likeness (QED) is 0.837. The van der Waals surface area contributed by atoms with Crippen LogP contribution in [0.4, 0.5) is 0 Å². The highest BCUT2D eigenvalue weighted by Crippen LogP contribution is 2.31. The third-order valence-electron chi connectivity index (χ3n) is 2.35. The summed E-state index contributed by atoms with van der Waals surface area (Å²) in [6.07, 6.45) is 0. The number of imidazole rings is 1. The van der Waals surface area contributed by atoms with Gasteiger partial charge in [-0.2, -0.15) is 13.4 Å². The van der Waals surface area contributed by atoms with E-state index in [4.69, 9.17) is 4.74 Å². The predicted molar refractivity (Wildman–Crippen MR) is 63.1 cm³/mol. The molecule has 1 aromatic heterocycles. The molecule has 0 unspecified atom stereocenters. The van der Waals surface area contributed by atoms with E-state index in [0.717, 1.165) is 0 Å². The fourth-order valence-electron chi connectivity index (χ4n) is 1.65. The molecule has 0 amide bonds.